The fourth-order valence-electron chi connectivity index (χ4n) is 1.28. The normalized spacial score (nSPS) is 15.6. The summed E-state index contributed by atoms with van der Waals surface area (Å²) in [6, 6.07) is 9.49. The molecular formula is C12H9NO2. The Labute approximate surface area is 87.3 Å². The molecule has 0 fully saturated rings. The highest BCUT2D eigenvalue weighted by atomic mass is 16.2. The number of nitrogens with zero attached hydrogens (tertiary/aromatic N) is 1. The SMILES string of the molecule is O=C1C=CC(=O)N1C=Cc1ccccc1. The smallest absolute Gasteiger partial charge is 0.257 e. The van der Waals surface area contributed by atoms with Gasteiger partial charge in [-0.2, -0.15) is 0 Å². The van der Waals surface area contributed by atoms with Crippen LogP contribution in [-0.4, -0.2) is 16.7 Å². The Morgan fingerprint density at radius 1 is 0.933 bits per heavy atom. The molecule has 1 aromatic carbocycles. The number of rotatable bonds is 2. The third-order valence-corrected chi connectivity index (χ3v) is 2.06. The Hall–Kier alpha value is -2.16. The fraction of sp³-hybridized carbons (Fsp3) is 0. The number of hydrogen-bond acceptors (Lipinski definition) is 2. The minimum absolute atomic E-state index is 0.299. The molecule has 0 radical (unpaired) electrons. The zero-order valence-corrected chi connectivity index (χ0v) is 7.96. The largest absolute Gasteiger partial charge is 0.269 e. The lowest BCUT2D eigenvalue weighted by molar-refractivity contribution is -0.133. The van der Waals surface area contributed by atoms with Crippen molar-refractivity contribution in [2.24, 2.45) is 0 Å². The van der Waals surface area contributed by atoms with Crippen LogP contribution in [0.2, 0.25) is 0 Å². The van der Waals surface area contributed by atoms with E-state index in [4.69, 9.17) is 0 Å². The van der Waals surface area contributed by atoms with Crippen molar-refractivity contribution < 1.29 is 9.59 Å². The van der Waals surface area contributed by atoms with Gasteiger partial charge >= 0.3 is 0 Å². The van der Waals surface area contributed by atoms with Crippen LogP contribution >= 0.6 is 0 Å². The van der Waals surface area contributed by atoms with E-state index in [0.29, 0.717) is 0 Å². The Kier molecular flexibility index (Phi) is 2.46. The molecule has 2 rings (SSSR count). The lowest BCUT2D eigenvalue weighted by Gasteiger charge is -2.06. The van der Waals surface area contributed by atoms with E-state index < -0.39 is 0 Å². The summed E-state index contributed by atoms with van der Waals surface area (Å²) < 4.78 is 0. The van der Waals surface area contributed by atoms with Crippen molar-refractivity contribution in [3.8, 4) is 0 Å². The van der Waals surface area contributed by atoms with E-state index >= 15 is 0 Å². The summed E-state index contributed by atoms with van der Waals surface area (Å²) in [6.45, 7) is 0. The standard InChI is InChI=1S/C12H9NO2/c14-11-6-7-12(15)13(11)9-8-10-4-2-1-3-5-10/h1-9H. The first-order chi connectivity index (χ1) is 7.27. The van der Waals surface area contributed by atoms with E-state index in [1.54, 1.807) is 6.08 Å². The van der Waals surface area contributed by atoms with Crippen LogP contribution in [0.25, 0.3) is 6.08 Å². The molecule has 1 heterocycles. The predicted octanol–water partition coefficient (Wildman–Crippen LogP) is 1.58. The van der Waals surface area contributed by atoms with Crippen molar-refractivity contribution in [3.05, 3.63) is 54.2 Å². The molecule has 0 aromatic heterocycles. The van der Waals surface area contributed by atoms with Gasteiger partial charge in [-0.3, -0.25) is 14.5 Å². The molecule has 0 saturated heterocycles. The molecule has 0 unspecified atom stereocenters. The fourth-order valence-corrected chi connectivity index (χ4v) is 1.28. The van der Waals surface area contributed by atoms with Crippen molar-refractivity contribution >= 4 is 17.9 Å². The van der Waals surface area contributed by atoms with Gasteiger partial charge in [-0.25, -0.2) is 0 Å². The van der Waals surface area contributed by atoms with Crippen LogP contribution in [-0.2, 0) is 9.59 Å². The van der Waals surface area contributed by atoms with Gasteiger partial charge in [-0.15, -0.1) is 0 Å². The molecule has 1 aromatic rings. The van der Waals surface area contributed by atoms with Crippen LogP contribution in [0.3, 0.4) is 0 Å². The van der Waals surface area contributed by atoms with Crippen LogP contribution in [0.4, 0.5) is 0 Å². The van der Waals surface area contributed by atoms with E-state index in [9.17, 15) is 9.59 Å². The average Bonchev–Trinajstić information content (AvgIpc) is 2.58. The minimum Gasteiger partial charge on any atom is -0.269 e. The Morgan fingerprint density at radius 3 is 2.13 bits per heavy atom. The maximum absolute atomic E-state index is 11.2. The number of carbonyl (C=O) groups excluding carboxylic acids is 2. The summed E-state index contributed by atoms with van der Waals surface area (Å²) >= 11 is 0. The van der Waals surface area contributed by atoms with E-state index in [1.165, 1.54) is 18.4 Å². The van der Waals surface area contributed by atoms with Gasteiger partial charge in [0.05, 0.1) is 0 Å². The Balaban J connectivity index is 2.13. The van der Waals surface area contributed by atoms with Gasteiger partial charge in [0.25, 0.3) is 11.8 Å². The predicted molar refractivity (Wildman–Crippen MR) is 56.5 cm³/mol. The molecule has 2 amide bonds. The van der Waals surface area contributed by atoms with Gasteiger partial charge in [0.1, 0.15) is 0 Å². The molecule has 3 nitrogen and oxygen atoms in total. The highest BCUT2D eigenvalue weighted by molar-refractivity contribution is 6.13. The molecule has 74 valence electrons. The van der Waals surface area contributed by atoms with Crippen molar-refractivity contribution in [1.82, 2.24) is 4.90 Å². The molecule has 0 N–H and O–H groups in total. The van der Waals surface area contributed by atoms with Gasteiger partial charge in [0, 0.05) is 18.4 Å². The summed E-state index contributed by atoms with van der Waals surface area (Å²) in [6.07, 6.45) is 5.73. The van der Waals surface area contributed by atoms with Crippen LogP contribution in [0.15, 0.2) is 48.7 Å². The third-order valence-electron chi connectivity index (χ3n) is 2.06. The van der Waals surface area contributed by atoms with Gasteiger partial charge in [-0.1, -0.05) is 30.3 Å². The Bertz CT molecular complexity index is 428. The number of imide groups is 1. The lowest BCUT2D eigenvalue weighted by Crippen LogP contribution is -2.23. The topological polar surface area (TPSA) is 37.4 Å². The number of amides is 2. The van der Waals surface area contributed by atoms with Gasteiger partial charge in [0.15, 0.2) is 0 Å². The average molecular weight is 199 g/mol. The van der Waals surface area contributed by atoms with Gasteiger partial charge in [0.2, 0.25) is 0 Å². The van der Waals surface area contributed by atoms with Crippen LogP contribution in [0, 0.1) is 0 Å². The molecular weight excluding hydrogens is 190 g/mol. The highest BCUT2D eigenvalue weighted by Crippen LogP contribution is 2.07. The maximum Gasteiger partial charge on any atom is 0.257 e. The third kappa shape index (κ3) is 2.02. The second-order valence-corrected chi connectivity index (χ2v) is 3.11. The summed E-state index contributed by atoms with van der Waals surface area (Å²) in [5.41, 5.74) is 0.949. The van der Waals surface area contributed by atoms with E-state index in [-0.39, 0.29) is 11.8 Å². The first-order valence-corrected chi connectivity index (χ1v) is 4.56. The molecule has 1 aliphatic heterocycles. The van der Waals surface area contributed by atoms with Crippen molar-refractivity contribution in [2.75, 3.05) is 0 Å². The first kappa shape index (κ1) is 9.40. The molecule has 15 heavy (non-hydrogen) atoms. The van der Waals surface area contributed by atoms with Crippen molar-refractivity contribution in [2.45, 2.75) is 0 Å². The Morgan fingerprint density at radius 2 is 1.53 bits per heavy atom. The van der Waals surface area contributed by atoms with Crippen LogP contribution in [0.5, 0.6) is 0 Å². The van der Waals surface area contributed by atoms with Gasteiger partial charge in [-0.05, 0) is 11.6 Å². The van der Waals surface area contributed by atoms with Crippen LogP contribution in [0.1, 0.15) is 5.56 Å². The van der Waals surface area contributed by atoms with E-state index in [2.05, 4.69) is 0 Å². The molecule has 0 spiro atoms. The first-order valence-electron chi connectivity index (χ1n) is 4.56. The highest BCUT2D eigenvalue weighted by Gasteiger charge is 2.20. The molecule has 1 aliphatic rings. The van der Waals surface area contributed by atoms with Crippen LogP contribution < -0.4 is 0 Å². The summed E-state index contributed by atoms with van der Waals surface area (Å²) in [7, 11) is 0. The molecule has 3 heteroatoms. The maximum atomic E-state index is 11.2. The number of carbonyl (C=O) groups is 2. The molecule has 0 atom stereocenters. The molecule has 0 aliphatic carbocycles. The second-order valence-electron chi connectivity index (χ2n) is 3.11. The quantitative estimate of drug-likeness (QED) is 0.678. The summed E-state index contributed by atoms with van der Waals surface area (Å²) in [5.74, 6) is -0.598. The van der Waals surface area contributed by atoms with E-state index in [1.807, 2.05) is 30.3 Å². The minimum atomic E-state index is -0.299. The van der Waals surface area contributed by atoms with Crippen molar-refractivity contribution in [3.63, 3.8) is 0 Å². The zero-order chi connectivity index (χ0) is 10.7. The lowest BCUT2D eigenvalue weighted by atomic mass is 10.2. The van der Waals surface area contributed by atoms with E-state index in [0.717, 1.165) is 10.5 Å². The number of hydrogen-bond donors (Lipinski definition) is 0. The van der Waals surface area contributed by atoms with Gasteiger partial charge < -0.3 is 0 Å². The second kappa shape index (κ2) is 3.92. The monoisotopic (exact) mass is 199 g/mol. The van der Waals surface area contributed by atoms with Crippen molar-refractivity contribution in [1.29, 1.82) is 0 Å². The summed E-state index contributed by atoms with van der Waals surface area (Å²) in [5, 5.41) is 0. The molecule has 0 saturated carbocycles. The molecule has 0 bridgehead atoms. The number of benzene rings is 1. The zero-order valence-electron chi connectivity index (χ0n) is 7.96. The summed E-state index contributed by atoms with van der Waals surface area (Å²) in [4.78, 5) is 23.4.